The van der Waals surface area contributed by atoms with Gasteiger partial charge in [-0.2, -0.15) is 5.26 Å². The summed E-state index contributed by atoms with van der Waals surface area (Å²) >= 11 is 0. The Morgan fingerprint density at radius 2 is 2.17 bits per heavy atom. The van der Waals surface area contributed by atoms with E-state index in [9.17, 15) is 0 Å². The maximum Gasteiger partial charge on any atom is 0.0671 e. The first kappa shape index (κ1) is 11.4. The molecule has 70 valence electrons. The molecule has 0 aliphatic carbocycles. The Hall–Kier alpha value is -0.590. The summed E-state index contributed by atoms with van der Waals surface area (Å²) in [5.74, 6) is 0. The van der Waals surface area contributed by atoms with E-state index in [4.69, 9.17) is 10.00 Å². The van der Waals surface area contributed by atoms with Gasteiger partial charge in [0.1, 0.15) is 0 Å². The lowest BCUT2D eigenvalue weighted by atomic mass is 10.2. The van der Waals surface area contributed by atoms with Crippen molar-refractivity contribution in [2.24, 2.45) is 0 Å². The van der Waals surface area contributed by atoms with Crippen LogP contribution in [0.15, 0.2) is 0 Å². The zero-order valence-corrected chi connectivity index (χ0v) is 8.13. The van der Waals surface area contributed by atoms with Crippen molar-refractivity contribution in [2.45, 2.75) is 39.3 Å². The maximum atomic E-state index is 8.38. The normalized spacial score (nSPS) is 15.2. The van der Waals surface area contributed by atoms with Gasteiger partial charge in [0.05, 0.1) is 18.6 Å². The van der Waals surface area contributed by atoms with Crippen molar-refractivity contribution in [2.75, 3.05) is 13.2 Å². The zero-order valence-electron chi connectivity index (χ0n) is 8.13. The van der Waals surface area contributed by atoms with E-state index in [0.29, 0.717) is 6.42 Å². The largest absolute Gasteiger partial charge is 0.377 e. The minimum Gasteiger partial charge on any atom is -0.377 e. The summed E-state index contributed by atoms with van der Waals surface area (Å²) in [7, 11) is 0. The number of nitrogens with zero attached hydrogens (tertiary/aromatic N) is 1. The SMILES string of the molecule is CCOC(C)CNC(C)CC#N. The predicted octanol–water partition coefficient (Wildman–Crippen LogP) is 1.30. The second-order valence-electron chi connectivity index (χ2n) is 2.94. The molecule has 0 saturated carbocycles. The van der Waals surface area contributed by atoms with Crippen LogP contribution < -0.4 is 5.32 Å². The minimum atomic E-state index is 0.233. The van der Waals surface area contributed by atoms with Gasteiger partial charge in [-0.25, -0.2) is 0 Å². The lowest BCUT2D eigenvalue weighted by Gasteiger charge is -2.15. The zero-order chi connectivity index (χ0) is 9.40. The summed E-state index contributed by atoms with van der Waals surface area (Å²) in [6.45, 7) is 7.57. The Morgan fingerprint density at radius 1 is 1.50 bits per heavy atom. The summed E-state index contributed by atoms with van der Waals surface area (Å²) in [6, 6.07) is 2.38. The molecule has 0 aromatic heterocycles. The number of nitrogens with one attached hydrogen (secondary N) is 1. The third kappa shape index (κ3) is 6.14. The van der Waals surface area contributed by atoms with Crippen LogP contribution in [-0.4, -0.2) is 25.3 Å². The van der Waals surface area contributed by atoms with Crippen LogP contribution >= 0.6 is 0 Å². The molecule has 2 atom stereocenters. The molecule has 0 aliphatic heterocycles. The van der Waals surface area contributed by atoms with E-state index >= 15 is 0 Å². The molecule has 0 radical (unpaired) electrons. The molecule has 3 heteroatoms. The molecule has 12 heavy (non-hydrogen) atoms. The molecule has 0 spiro atoms. The fourth-order valence-electron chi connectivity index (χ4n) is 0.920. The van der Waals surface area contributed by atoms with Gasteiger partial charge in [0.15, 0.2) is 0 Å². The van der Waals surface area contributed by atoms with Crippen LogP contribution in [0.4, 0.5) is 0 Å². The number of rotatable bonds is 6. The summed E-state index contributed by atoms with van der Waals surface area (Å²) < 4.78 is 5.32. The molecule has 0 amide bonds. The van der Waals surface area contributed by atoms with Crippen molar-refractivity contribution in [1.82, 2.24) is 5.32 Å². The molecule has 0 fully saturated rings. The topological polar surface area (TPSA) is 45.0 Å². The van der Waals surface area contributed by atoms with Crippen LogP contribution in [0.3, 0.4) is 0 Å². The number of hydrogen-bond donors (Lipinski definition) is 1. The molecule has 0 aromatic carbocycles. The van der Waals surface area contributed by atoms with Crippen LogP contribution in [0.2, 0.25) is 0 Å². The van der Waals surface area contributed by atoms with Crippen molar-refractivity contribution in [3.8, 4) is 6.07 Å². The minimum absolute atomic E-state index is 0.233. The van der Waals surface area contributed by atoms with Crippen molar-refractivity contribution < 1.29 is 4.74 Å². The first-order valence-electron chi connectivity index (χ1n) is 4.42. The smallest absolute Gasteiger partial charge is 0.0671 e. The molecule has 0 aromatic rings. The molecular weight excluding hydrogens is 152 g/mol. The summed E-state index contributed by atoms with van der Waals surface area (Å²) in [5, 5.41) is 11.6. The van der Waals surface area contributed by atoms with E-state index in [1.54, 1.807) is 0 Å². The highest BCUT2D eigenvalue weighted by atomic mass is 16.5. The highest BCUT2D eigenvalue weighted by Gasteiger charge is 2.03. The fourth-order valence-corrected chi connectivity index (χ4v) is 0.920. The Labute approximate surface area is 74.7 Å². The van der Waals surface area contributed by atoms with Gasteiger partial charge >= 0.3 is 0 Å². The van der Waals surface area contributed by atoms with Gasteiger partial charge in [-0.05, 0) is 20.8 Å². The monoisotopic (exact) mass is 170 g/mol. The molecule has 0 heterocycles. The summed E-state index contributed by atoms with van der Waals surface area (Å²) in [6.07, 6.45) is 0.787. The molecular formula is C9H18N2O. The maximum absolute atomic E-state index is 8.38. The van der Waals surface area contributed by atoms with E-state index in [0.717, 1.165) is 13.2 Å². The highest BCUT2D eigenvalue weighted by molar-refractivity contribution is 4.77. The summed E-state index contributed by atoms with van der Waals surface area (Å²) in [5.41, 5.74) is 0. The summed E-state index contributed by atoms with van der Waals surface area (Å²) in [4.78, 5) is 0. The highest BCUT2D eigenvalue weighted by Crippen LogP contribution is 1.91. The third-order valence-corrected chi connectivity index (χ3v) is 1.60. The van der Waals surface area contributed by atoms with Gasteiger partial charge in [-0.3, -0.25) is 0 Å². The average molecular weight is 170 g/mol. The number of hydrogen-bond acceptors (Lipinski definition) is 3. The van der Waals surface area contributed by atoms with Crippen LogP contribution in [0.5, 0.6) is 0 Å². The Balaban J connectivity index is 3.34. The molecule has 0 rings (SSSR count). The van der Waals surface area contributed by atoms with E-state index in [-0.39, 0.29) is 12.1 Å². The average Bonchev–Trinajstić information content (AvgIpc) is 2.02. The standard InChI is InChI=1S/C9H18N2O/c1-4-12-9(3)7-11-8(2)5-6-10/h8-9,11H,4-5,7H2,1-3H3. The van der Waals surface area contributed by atoms with E-state index in [1.165, 1.54) is 0 Å². The van der Waals surface area contributed by atoms with E-state index < -0.39 is 0 Å². The lowest BCUT2D eigenvalue weighted by Crippen LogP contribution is -2.33. The fraction of sp³-hybridized carbons (Fsp3) is 0.889. The van der Waals surface area contributed by atoms with Gasteiger partial charge in [0.2, 0.25) is 0 Å². The number of ether oxygens (including phenoxy) is 1. The predicted molar refractivity (Wildman–Crippen MR) is 48.8 cm³/mol. The van der Waals surface area contributed by atoms with Gasteiger partial charge in [0.25, 0.3) is 0 Å². The second-order valence-corrected chi connectivity index (χ2v) is 2.94. The molecule has 0 aliphatic rings. The lowest BCUT2D eigenvalue weighted by molar-refractivity contribution is 0.0744. The number of nitriles is 1. The van der Waals surface area contributed by atoms with Crippen molar-refractivity contribution in [3.63, 3.8) is 0 Å². The van der Waals surface area contributed by atoms with Crippen LogP contribution in [0, 0.1) is 11.3 Å². The van der Waals surface area contributed by atoms with Crippen molar-refractivity contribution in [1.29, 1.82) is 5.26 Å². The van der Waals surface area contributed by atoms with E-state index in [2.05, 4.69) is 11.4 Å². The first-order valence-corrected chi connectivity index (χ1v) is 4.42. The van der Waals surface area contributed by atoms with Gasteiger partial charge in [-0.1, -0.05) is 0 Å². The van der Waals surface area contributed by atoms with Crippen molar-refractivity contribution >= 4 is 0 Å². The van der Waals surface area contributed by atoms with Gasteiger partial charge in [-0.15, -0.1) is 0 Å². The molecule has 0 saturated heterocycles. The van der Waals surface area contributed by atoms with Crippen LogP contribution in [0.1, 0.15) is 27.2 Å². The second kappa shape index (κ2) is 7.08. The van der Waals surface area contributed by atoms with Crippen LogP contribution in [0.25, 0.3) is 0 Å². The Bertz CT molecular complexity index is 142. The molecule has 2 unspecified atom stereocenters. The van der Waals surface area contributed by atoms with E-state index in [1.807, 2.05) is 20.8 Å². The molecule has 0 bridgehead atoms. The quantitative estimate of drug-likeness (QED) is 0.653. The van der Waals surface area contributed by atoms with Crippen molar-refractivity contribution in [3.05, 3.63) is 0 Å². The molecule has 1 N–H and O–H groups in total. The Morgan fingerprint density at radius 3 is 2.67 bits per heavy atom. The first-order chi connectivity index (χ1) is 5.70. The Kier molecular flexibility index (Phi) is 6.73. The van der Waals surface area contributed by atoms with Gasteiger partial charge < -0.3 is 10.1 Å². The van der Waals surface area contributed by atoms with Gasteiger partial charge in [0, 0.05) is 19.2 Å². The van der Waals surface area contributed by atoms with Crippen LogP contribution in [-0.2, 0) is 4.74 Å². The third-order valence-electron chi connectivity index (χ3n) is 1.60. The molecule has 3 nitrogen and oxygen atoms in total.